The fraction of sp³-hybridized carbons (Fsp3) is 0.0357. The Kier molecular flexibility index (Phi) is 8.04. The van der Waals surface area contributed by atoms with Crippen molar-refractivity contribution in [3.8, 4) is 11.5 Å². The van der Waals surface area contributed by atoms with Gasteiger partial charge in [-0.1, -0.05) is 42.5 Å². The lowest BCUT2D eigenvalue weighted by Gasteiger charge is -2.12. The standard InChI is InChI=1S/C28H22BrN3O3/c29-24-8-4-5-9-26(24)35-23-12-10-20(11-13-23)18-25(32-27(33)22-6-2-1-3-7-22)28(34)31-19-21-14-16-30-17-15-21/h1-18H,19H2,(H,31,34)(H,32,33)/b25-18-. The second-order valence-corrected chi connectivity index (χ2v) is 8.37. The van der Waals surface area contributed by atoms with E-state index in [4.69, 9.17) is 4.74 Å². The van der Waals surface area contributed by atoms with E-state index in [1.54, 1.807) is 54.9 Å². The lowest BCUT2D eigenvalue weighted by Crippen LogP contribution is -2.34. The van der Waals surface area contributed by atoms with Crippen LogP contribution in [0.25, 0.3) is 6.08 Å². The molecule has 2 N–H and O–H groups in total. The van der Waals surface area contributed by atoms with Gasteiger partial charge in [0.25, 0.3) is 11.8 Å². The molecule has 0 unspecified atom stereocenters. The van der Waals surface area contributed by atoms with Crippen LogP contribution in [0.5, 0.6) is 11.5 Å². The third kappa shape index (κ3) is 6.88. The predicted octanol–water partition coefficient (Wildman–Crippen LogP) is 5.72. The van der Waals surface area contributed by atoms with Gasteiger partial charge in [-0.15, -0.1) is 0 Å². The Labute approximate surface area is 211 Å². The number of halogens is 1. The number of ether oxygens (including phenoxy) is 1. The first-order valence-electron chi connectivity index (χ1n) is 10.9. The molecule has 0 aliphatic heterocycles. The molecule has 4 aromatic rings. The van der Waals surface area contributed by atoms with Gasteiger partial charge in [-0.3, -0.25) is 14.6 Å². The lowest BCUT2D eigenvalue weighted by molar-refractivity contribution is -0.117. The average molecular weight is 528 g/mol. The Balaban J connectivity index is 1.53. The molecule has 1 aromatic heterocycles. The van der Waals surface area contributed by atoms with Crippen LogP contribution in [0.3, 0.4) is 0 Å². The third-order valence-electron chi connectivity index (χ3n) is 4.99. The highest BCUT2D eigenvalue weighted by Crippen LogP contribution is 2.29. The largest absolute Gasteiger partial charge is 0.456 e. The number of aromatic nitrogens is 1. The summed E-state index contributed by atoms with van der Waals surface area (Å²) in [4.78, 5) is 29.7. The van der Waals surface area contributed by atoms with Gasteiger partial charge in [0.2, 0.25) is 0 Å². The maximum atomic E-state index is 13.0. The minimum Gasteiger partial charge on any atom is -0.456 e. The Hall–Kier alpha value is -4.23. The third-order valence-corrected chi connectivity index (χ3v) is 5.64. The highest BCUT2D eigenvalue weighted by molar-refractivity contribution is 9.10. The molecule has 0 saturated carbocycles. The predicted molar refractivity (Wildman–Crippen MR) is 139 cm³/mol. The van der Waals surface area contributed by atoms with Crippen molar-refractivity contribution in [1.29, 1.82) is 0 Å². The maximum Gasteiger partial charge on any atom is 0.268 e. The monoisotopic (exact) mass is 527 g/mol. The number of carbonyl (C=O) groups excluding carboxylic acids is 2. The van der Waals surface area contributed by atoms with Crippen molar-refractivity contribution in [3.63, 3.8) is 0 Å². The van der Waals surface area contributed by atoms with E-state index < -0.39 is 5.91 Å². The molecule has 4 rings (SSSR count). The maximum absolute atomic E-state index is 13.0. The fourth-order valence-corrected chi connectivity index (χ4v) is 3.54. The van der Waals surface area contributed by atoms with Crippen LogP contribution in [0.4, 0.5) is 0 Å². The van der Waals surface area contributed by atoms with Gasteiger partial charge in [0.15, 0.2) is 0 Å². The van der Waals surface area contributed by atoms with Gasteiger partial charge in [-0.2, -0.15) is 0 Å². The quantitative estimate of drug-likeness (QED) is 0.287. The number of hydrogen-bond donors (Lipinski definition) is 2. The molecule has 0 aliphatic rings. The van der Waals surface area contributed by atoms with Gasteiger partial charge >= 0.3 is 0 Å². The molecule has 0 aliphatic carbocycles. The number of pyridine rings is 1. The van der Waals surface area contributed by atoms with Gasteiger partial charge in [0.05, 0.1) is 4.47 Å². The fourth-order valence-electron chi connectivity index (χ4n) is 3.17. The zero-order chi connectivity index (χ0) is 24.5. The second kappa shape index (κ2) is 11.8. The van der Waals surface area contributed by atoms with Crippen molar-refractivity contribution in [3.05, 3.63) is 130 Å². The zero-order valence-electron chi connectivity index (χ0n) is 18.6. The highest BCUT2D eigenvalue weighted by atomic mass is 79.9. The van der Waals surface area contributed by atoms with Gasteiger partial charge in [-0.25, -0.2) is 0 Å². The van der Waals surface area contributed by atoms with E-state index in [-0.39, 0.29) is 11.6 Å². The number of amides is 2. The van der Waals surface area contributed by atoms with Gasteiger partial charge in [0, 0.05) is 24.5 Å². The zero-order valence-corrected chi connectivity index (χ0v) is 20.2. The van der Waals surface area contributed by atoms with E-state index in [9.17, 15) is 9.59 Å². The summed E-state index contributed by atoms with van der Waals surface area (Å²) in [7, 11) is 0. The van der Waals surface area contributed by atoms with Crippen LogP contribution in [-0.4, -0.2) is 16.8 Å². The topological polar surface area (TPSA) is 80.3 Å². The summed E-state index contributed by atoms with van der Waals surface area (Å²) in [5.74, 6) is 0.567. The molecule has 174 valence electrons. The van der Waals surface area contributed by atoms with Crippen molar-refractivity contribution in [2.75, 3.05) is 0 Å². The Morgan fingerprint density at radius 2 is 1.54 bits per heavy atom. The molecule has 0 radical (unpaired) electrons. The van der Waals surface area contributed by atoms with Crippen LogP contribution in [0, 0.1) is 0 Å². The summed E-state index contributed by atoms with van der Waals surface area (Å²) in [5, 5.41) is 5.59. The molecule has 3 aromatic carbocycles. The first-order valence-corrected chi connectivity index (χ1v) is 11.7. The second-order valence-electron chi connectivity index (χ2n) is 7.52. The first-order chi connectivity index (χ1) is 17.1. The molecular formula is C28H22BrN3O3. The van der Waals surface area contributed by atoms with Gasteiger partial charge < -0.3 is 15.4 Å². The van der Waals surface area contributed by atoms with E-state index >= 15 is 0 Å². The Morgan fingerprint density at radius 1 is 0.857 bits per heavy atom. The van der Waals surface area contributed by atoms with Crippen molar-refractivity contribution in [2.45, 2.75) is 6.54 Å². The highest BCUT2D eigenvalue weighted by Gasteiger charge is 2.14. The summed E-state index contributed by atoms with van der Waals surface area (Å²) >= 11 is 3.47. The number of nitrogens with one attached hydrogen (secondary N) is 2. The Morgan fingerprint density at radius 3 is 2.26 bits per heavy atom. The number of rotatable bonds is 8. The van der Waals surface area contributed by atoms with Crippen LogP contribution in [-0.2, 0) is 11.3 Å². The van der Waals surface area contributed by atoms with Crippen molar-refractivity contribution >= 4 is 33.8 Å². The molecule has 0 fully saturated rings. The molecule has 0 saturated heterocycles. The van der Waals surface area contributed by atoms with Gasteiger partial charge in [-0.05, 0) is 81.7 Å². The minimum absolute atomic E-state index is 0.132. The lowest BCUT2D eigenvalue weighted by atomic mass is 10.1. The number of benzene rings is 3. The molecule has 1 heterocycles. The summed E-state index contributed by atoms with van der Waals surface area (Å²) in [6.45, 7) is 0.304. The molecule has 7 heteroatoms. The number of nitrogens with zero attached hydrogens (tertiary/aromatic N) is 1. The molecular weight excluding hydrogens is 506 g/mol. The number of para-hydroxylation sites is 1. The van der Waals surface area contributed by atoms with E-state index in [1.807, 2.05) is 54.6 Å². The van der Waals surface area contributed by atoms with E-state index in [2.05, 4.69) is 31.5 Å². The number of carbonyl (C=O) groups is 2. The summed E-state index contributed by atoms with van der Waals surface area (Å²) in [5.41, 5.74) is 2.22. The summed E-state index contributed by atoms with van der Waals surface area (Å²) in [6.07, 6.45) is 4.95. The minimum atomic E-state index is -0.403. The van der Waals surface area contributed by atoms with E-state index in [0.717, 1.165) is 15.6 Å². The van der Waals surface area contributed by atoms with Crippen molar-refractivity contribution < 1.29 is 14.3 Å². The van der Waals surface area contributed by atoms with Crippen molar-refractivity contribution in [1.82, 2.24) is 15.6 Å². The molecule has 35 heavy (non-hydrogen) atoms. The van der Waals surface area contributed by atoms with E-state index in [0.29, 0.717) is 23.6 Å². The average Bonchev–Trinajstić information content (AvgIpc) is 2.90. The Bertz CT molecular complexity index is 1320. The van der Waals surface area contributed by atoms with Gasteiger partial charge in [0.1, 0.15) is 17.2 Å². The smallest absolute Gasteiger partial charge is 0.268 e. The van der Waals surface area contributed by atoms with Crippen LogP contribution in [0.15, 0.2) is 114 Å². The van der Waals surface area contributed by atoms with Crippen LogP contribution >= 0.6 is 15.9 Å². The molecule has 0 bridgehead atoms. The van der Waals surface area contributed by atoms with Crippen LogP contribution < -0.4 is 15.4 Å². The van der Waals surface area contributed by atoms with Crippen LogP contribution in [0.1, 0.15) is 21.5 Å². The number of hydrogen-bond acceptors (Lipinski definition) is 4. The molecule has 2 amide bonds. The van der Waals surface area contributed by atoms with E-state index in [1.165, 1.54) is 0 Å². The first kappa shape index (κ1) is 23.9. The SMILES string of the molecule is O=C(NCc1ccncc1)/C(=C/c1ccc(Oc2ccccc2Br)cc1)NC(=O)c1ccccc1. The normalized spacial score (nSPS) is 10.9. The summed E-state index contributed by atoms with van der Waals surface area (Å²) < 4.78 is 6.75. The van der Waals surface area contributed by atoms with Crippen molar-refractivity contribution in [2.24, 2.45) is 0 Å². The van der Waals surface area contributed by atoms with Crippen LogP contribution in [0.2, 0.25) is 0 Å². The summed E-state index contributed by atoms with van der Waals surface area (Å²) in [6, 6.07) is 27.2. The molecule has 0 atom stereocenters. The molecule has 0 spiro atoms. The molecule has 6 nitrogen and oxygen atoms in total.